The fraction of sp³-hybridized carbons (Fsp3) is 0.267. The molecule has 2 heterocycles. The van der Waals surface area contributed by atoms with Gasteiger partial charge in [-0.15, -0.1) is 0 Å². The van der Waals surface area contributed by atoms with Crippen LogP contribution in [0.1, 0.15) is 27.6 Å². The fourth-order valence-electron chi connectivity index (χ4n) is 2.46. The van der Waals surface area contributed by atoms with E-state index < -0.39 is 0 Å². The number of hydrogen-bond acceptors (Lipinski definition) is 2. The van der Waals surface area contributed by atoms with Gasteiger partial charge in [-0.05, 0) is 23.6 Å². The fourth-order valence-corrected chi connectivity index (χ4v) is 2.46. The third-order valence-electron chi connectivity index (χ3n) is 3.38. The molecule has 1 aliphatic heterocycles. The molecule has 0 saturated carbocycles. The highest BCUT2D eigenvalue weighted by Gasteiger charge is 2.20. The number of aromatic nitrogens is 1. The predicted molar refractivity (Wildman–Crippen MR) is 68.7 cm³/mol. The van der Waals surface area contributed by atoms with E-state index in [0.29, 0.717) is 5.56 Å². The number of aldehydes is 1. The lowest BCUT2D eigenvalue weighted by Crippen LogP contribution is -2.20. The van der Waals surface area contributed by atoms with E-state index in [2.05, 4.69) is 18.2 Å². The molecule has 3 nitrogen and oxygen atoms in total. The summed E-state index contributed by atoms with van der Waals surface area (Å²) in [4.78, 5) is 10.7. The molecular formula is C15H15NO2. The van der Waals surface area contributed by atoms with Crippen molar-refractivity contribution in [1.82, 2.24) is 4.57 Å². The maximum Gasteiger partial charge on any atom is 0.151 e. The first kappa shape index (κ1) is 11.2. The number of rotatable bonds is 3. The Hall–Kier alpha value is -1.87. The topological polar surface area (TPSA) is 31.2 Å². The smallest absolute Gasteiger partial charge is 0.151 e. The predicted octanol–water partition coefficient (Wildman–Crippen LogP) is 2.61. The largest absolute Gasteiger partial charge is 0.371 e. The lowest BCUT2D eigenvalue weighted by atomic mass is 9.97. The zero-order valence-electron chi connectivity index (χ0n) is 10.1. The van der Waals surface area contributed by atoms with Gasteiger partial charge in [0, 0.05) is 18.0 Å². The standard InChI is InChI=1S/C15H15NO2/c17-11-12-5-7-16(9-12)10-15-14-4-2-1-3-13(14)6-8-18-15/h1-5,7,9,11,15H,6,8,10H2. The van der Waals surface area contributed by atoms with Crippen molar-refractivity contribution in [2.75, 3.05) is 6.61 Å². The lowest BCUT2D eigenvalue weighted by Gasteiger charge is -2.26. The molecule has 1 aliphatic rings. The monoisotopic (exact) mass is 241 g/mol. The second kappa shape index (κ2) is 4.78. The Kier molecular flexibility index (Phi) is 2.99. The highest BCUT2D eigenvalue weighted by molar-refractivity contribution is 5.74. The summed E-state index contributed by atoms with van der Waals surface area (Å²) in [5.74, 6) is 0. The number of benzene rings is 1. The van der Waals surface area contributed by atoms with Crippen LogP contribution in [-0.4, -0.2) is 17.5 Å². The zero-order valence-corrected chi connectivity index (χ0v) is 10.1. The number of nitrogens with zero attached hydrogens (tertiary/aromatic N) is 1. The van der Waals surface area contributed by atoms with Gasteiger partial charge in [0.15, 0.2) is 6.29 Å². The van der Waals surface area contributed by atoms with E-state index in [1.165, 1.54) is 11.1 Å². The highest BCUT2D eigenvalue weighted by Crippen LogP contribution is 2.28. The van der Waals surface area contributed by atoms with Crippen molar-refractivity contribution in [3.05, 3.63) is 59.4 Å². The van der Waals surface area contributed by atoms with Crippen LogP contribution in [0.4, 0.5) is 0 Å². The van der Waals surface area contributed by atoms with Gasteiger partial charge in [-0.3, -0.25) is 4.79 Å². The third-order valence-corrected chi connectivity index (χ3v) is 3.38. The second-order valence-corrected chi connectivity index (χ2v) is 4.57. The molecule has 0 radical (unpaired) electrons. The first-order valence-electron chi connectivity index (χ1n) is 6.17. The average molecular weight is 241 g/mol. The summed E-state index contributed by atoms with van der Waals surface area (Å²) < 4.78 is 7.85. The average Bonchev–Trinajstić information content (AvgIpc) is 2.87. The molecule has 0 saturated heterocycles. The van der Waals surface area contributed by atoms with Crippen molar-refractivity contribution in [3.8, 4) is 0 Å². The molecule has 1 aromatic carbocycles. The number of carbonyl (C=O) groups excluding carboxylic acids is 1. The van der Waals surface area contributed by atoms with E-state index in [1.807, 2.05) is 29.1 Å². The van der Waals surface area contributed by atoms with Crippen LogP contribution >= 0.6 is 0 Å². The molecule has 1 aromatic heterocycles. The normalized spacial score (nSPS) is 18.3. The summed E-state index contributed by atoms with van der Waals surface area (Å²) in [5.41, 5.74) is 3.35. The molecule has 0 aliphatic carbocycles. The van der Waals surface area contributed by atoms with Gasteiger partial charge in [-0.25, -0.2) is 0 Å². The minimum Gasteiger partial charge on any atom is -0.371 e. The first-order valence-corrected chi connectivity index (χ1v) is 6.17. The molecular weight excluding hydrogens is 226 g/mol. The molecule has 0 amide bonds. The van der Waals surface area contributed by atoms with Gasteiger partial charge >= 0.3 is 0 Å². The summed E-state index contributed by atoms with van der Waals surface area (Å²) in [7, 11) is 0. The van der Waals surface area contributed by atoms with Gasteiger partial charge in [-0.2, -0.15) is 0 Å². The Morgan fingerprint density at radius 1 is 1.33 bits per heavy atom. The molecule has 1 unspecified atom stereocenters. The van der Waals surface area contributed by atoms with Crippen LogP contribution in [0.15, 0.2) is 42.7 Å². The van der Waals surface area contributed by atoms with Crippen LogP contribution in [0.3, 0.4) is 0 Å². The molecule has 3 heteroatoms. The van der Waals surface area contributed by atoms with Crippen LogP contribution < -0.4 is 0 Å². The van der Waals surface area contributed by atoms with Gasteiger partial charge in [0.05, 0.1) is 13.2 Å². The van der Waals surface area contributed by atoms with Crippen LogP contribution in [0, 0.1) is 0 Å². The van der Waals surface area contributed by atoms with Crippen LogP contribution in [0.2, 0.25) is 0 Å². The zero-order chi connectivity index (χ0) is 12.4. The highest BCUT2D eigenvalue weighted by atomic mass is 16.5. The number of fused-ring (bicyclic) bond motifs is 1. The molecule has 0 bridgehead atoms. The van der Waals surface area contributed by atoms with Crippen molar-refractivity contribution in [3.63, 3.8) is 0 Å². The van der Waals surface area contributed by atoms with Gasteiger partial charge in [-0.1, -0.05) is 24.3 Å². The van der Waals surface area contributed by atoms with E-state index >= 15 is 0 Å². The molecule has 0 spiro atoms. The van der Waals surface area contributed by atoms with Crippen molar-refractivity contribution < 1.29 is 9.53 Å². The van der Waals surface area contributed by atoms with Crippen molar-refractivity contribution >= 4 is 6.29 Å². The minimum absolute atomic E-state index is 0.0850. The summed E-state index contributed by atoms with van der Waals surface area (Å²) in [6.07, 6.45) is 5.71. The Morgan fingerprint density at radius 3 is 3.06 bits per heavy atom. The van der Waals surface area contributed by atoms with Gasteiger partial charge in [0.2, 0.25) is 0 Å². The number of hydrogen-bond donors (Lipinski definition) is 0. The lowest BCUT2D eigenvalue weighted by molar-refractivity contribution is 0.0306. The maximum atomic E-state index is 10.7. The van der Waals surface area contributed by atoms with E-state index in [-0.39, 0.29) is 6.10 Å². The second-order valence-electron chi connectivity index (χ2n) is 4.57. The molecule has 1 atom stereocenters. The summed E-state index contributed by atoms with van der Waals surface area (Å²) >= 11 is 0. The molecule has 92 valence electrons. The van der Waals surface area contributed by atoms with Crippen molar-refractivity contribution in [1.29, 1.82) is 0 Å². The molecule has 18 heavy (non-hydrogen) atoms. The molecule has 2 aromatic rings. The minimum atomic E-state index is 0.0850. The Morgan fingerprint density at radius 2 is 2.22 bits per heavy atom. The quantitative estimate of drug-likeness (QED) is 0.773. The van der Waals surface area contributed by atoms with E-state index in [4.69, 9.17) is 4.74 Å². The first-order chi connectivity index (χ1) is 8.86. The maximum absolute atomic E-state index is 10.7. The summed E-state index contributed by atoms with van der Waals surface area (Å²) in [6, 6.07) is 10.2. The Balaban J connectivity index is 1.83. The van der Waals surface area contributed by atoms with E-state index in [0.717, 1.165) is 25.9 Å². The van der Waals surface area contributed by atoms with Gasteiger partial charge in [0.1, 0.15) is 6.10 Å². The van der Waals surface area contributed by atoms with Crippen molar-refractivity contribution in [2.45, 2.75) is 19.1 Å². The molecule has 0 fully saturated rings. The Bertz CT molecular complexity index is 559. The van der Waals surface area contributed by atoms with Crippen LogP contribution in [-0.2, 0) is 17.7 Å². The molecule has 3 rings (SSSR count). The van der Waals surface area contributed by atoms with E-state index in [9.17, 15) is 4.79 Å². The number of ether oxygens (including phenoxy) is 1. The van der Waals surface area contributed by atoms with Crippen molar-refractivity contribution in [2.24, 2.45) is 0 Å². The summed E-state index contributed by atoms with van der Waals surface area (Å²) in [5, 5.41) is 0. The van der Waals surface area contributed by atoms with E-state index in [1.54, 1.807) is 0 Å². The van der Waals surface area contributed by atoms with Crippen LogP contribution in [0.5, 0.6) is 0 Å². The Labute approximate surface area is 106 Å². The van der Waals surface area contributed by atoms with Gasteiger partial charge in [0.25, 0.3) is 0 Å². The van der Waals surface area contributed by atoms with Gasteiger partial charge < -0.3 is 9.30 Å². The summed E-state index contributed by atoms with van der Waals surface area (Å²) in [6.45, 7) is 1.52. The van der Waals surface area contributed by atoms with Crippen LogP contribution in [0.25, 0.3) is 0 Å². The SMILES string of the molecule is O=Cc1ccn(CC2OCCc3ccccc32)c1. The third kappa shape index (κ3) is 2.09. The molecule has 0 N–H and O–H groups in total. The number of carbonyl (C=O) groups is 1.